The van der Waals surface area contributed by atoms with Crippen LogP contribution in [0.2, 0.25) is 5.02 Å². The molecule has 0 saturated heterocycles. The highest BCUT2D eigenvalue weighted by molar-refractivity contribution is 6.30. The topological polar surface area (TPSA) is 37.3 Å². The Labute approximate surface area is 126 Å². The maximum Gasteiger partial charge on any atom is 0.307 e. The average molecular weight is 311 g/mol. The Hall–Kier alpha value is -1.94. The van der Waals surface area contributed by atoms with E-state index in [1.165, 1.54) is 0 Å². The summed E-state index contributed by atoms with van der Waals surface area (Å²) in [7, 11) is 0. The minimum absolute atomic E-state index is 0.0621. The van der Waals surface area contributed by atoms with Crippen LogP contribution < -0.4 is 0 Å². The van der Waals surface area contributed by atoms with Crippen molar-refractivity contribution in [2.24, 2.45) is 5.92 Å². The van der Waals surface area contributed by atoms with Crippen molar-refractivity contribution >= 4 is 17.6 Å². The molecule has 0 heterocycles. The third-order valence-corrected chi connectivity index (χ3v) is 3.40. The molecule has 0 bridgehead atoms. The maximum absolute atomic E-state index is 13.1. The Morgan fingerprint density at radius 1 is 1.00 bits per heavy atom. The highest BCUT2D eigenvalue weighted by Gasteiger charge is 2.19. The van der Waals surface area contributed by atoms with E-state index < -0.39 is 23.5 Å². The molecule has 2 aromatic rings. The lowest BCUT2D eigenvalue weighted by atomic mass is 9.92. The van der Waals surface area contributed by atoms with Gasteiger partial charge in [-0.3, -0.25) is 4.79 Å². The SMILES string of the molecule is O=C(O)C(Cc1ccc(Cl)cc1)Cc1cc(F)cc(F)c1. The van der Waals surface area contributed by atoms with Crippen molar-refractivity contribution in [2.75, 3.05) is 0 Å². The molecule has 1 N–H and O–H groups in total. The van der Waals surface area contributed by atoms with Crippen LogP contribution in [0.25, 0.3) is 0 Å². The van der Waals surface area contributed by atoms with Gasteiger partial charge in [0, 0.05) is 11.1 Å². The van der Waals surface area contributed by atoms with E-state index in [4.69, 9.17) is 11.6 Å². The van der Waals surface area contributed by atoms with Crippen LogP contribution in [0.3, 0.4) is 0 Å². The van der Waals surface area contributed by atoms with Gasteiger partial charge >= 0.3 is 5.97 Å². The number of hydrogen-bond acceptors (Lipinski definition) is 1. The van der Waals surface area contributed by atoms with E-state index in [-0.39, 0.29) is 12.8 Å². The number of hydrogen-bond donors (Lipinski definition) is 1. The Morgan fingerprint density at radius 3 is 2.05 bits per heavy atom. The fraction of sp³-hybridized carbons (Fsp3) is 0.188. The van der Waals surface area contributed by atoms with Gasteiger partial charge in [-0.15, -0.1) is 0 Å². The number of benzene rings is 2. The van der Waals surface area contributed by atoms with Gasteiger partial charge in [-0.25, -0.2) is 8.78 Å². The van der Waals surface area contributed by atoms with E-state index in [1.807, 2.05) is 0 Å². The van der Waals surface area contributed by atoms with E-state index in [2.05, 4.69) is 0 Å². The van der Waals surface area contributed by atoms with Gasteiger partial charge in [-0.2, -0.15) is 0 Å². The lowest BCUT2D eigenvalue weighted by molar-refractivity contribution is -0.141. The largest absolute Gasteiger partial charge is 0.481 e. The lowest BCUT2D eigenvalue weighted by Gasteiger charge is -2.13. The molecule has 1 unspecified atom stereocenters. The van der Waals surface area contributed by atoms with E-state index in [1.54, 1.807) is 24.3 Å². The van der Waals surface area contributed by atoms with Crippen LogP contribution in [0.5, 0.6) is 0 Å². The number of aliphatic carboxylic acids is 1. The molecule has 2 rings (SSSR count). The van der Waals surface area contributed by atoms with Crippen LogP contribution in [0.15, 0.2) is 42.5 Å². The maximum atomic E-state index is 13.1. The quantitative estimate of drug-likeness (QED) is 0.902. The van der Waals surface area contributed by atoms with Crippen molar-refractivity contribution in [1.82, 2.24) is 0 Å². The van der Waals surface area contributed by atoms with Crippen molar-refractivity contribution in [1.29, 1.82) is 0 Å². The predicted octanol–water partition coefficient (Wildman–Crippen LogP) is 4.10. The third-order valence-electron chi connectivity index (χ3n) is 3.15. The van der Waals surface area contributed by atoms with Crippen LogP contribution in [0.1, 0.15) is 11.1 Å². The molecule has 21 heavy (non-hydrogen) atoms. The van der Waals surface area contributed by atoms with Gasteiger partial charge in [-0.1, -0.05) is 23.7 Å². The Bertz CT molecular complexity index is 621. The number of carboxylic acid groups (broad SMARTS) is 1. The first-order valence-electron chi connectivity index (χ1n) is 6.36. The number of rotatable bonds is 5. The second-order valence-corrected chi connectivity index (χ2v) is 5.28. The molecular formula is C16H13ClF2O2. The summed E-state index contributed by atoms with van der Waals surface area (Å²) in [4.78, 5) is 11.3. The smallest absolute Gasteiger partial charge is 0.307 e. The Morgan fingerprint density at radius 2 is 1.52 bits per heavy atom. The molecular weight excluding hydrogens is 298 g/mol. The summed E-state index contributed by atoms with van der Waals surface area (Å²) in [6, 6.07) is 9.91. The van der Waals surface area contributed by atoms with Crippen LogP contribution in [0.4, 0.5) is 8.78 Å². The normalized spacial score (nSPS) is 12.1. The second-order valence-electron chi connectivity index (χ2n) is 4.85. The predicted molar refractivity (Wildman–Crippen MR) is 76.3 cm³/mol. The molecule has 0 radical (unpaired) electrons. The summed E-state index contributed by atoms with van der Waals surface area (Å²) in [6.45, 7) is 0. The molecule has 110 valence electrons. The molecule has 0 aliphatic carbocycles. The van der Waals surface area contributed by atoms with E-state index in [0.717, 1.165) is 23.8 Å². The minimum atomic E-state index is -1.00. The third kappa shape index (κ3) is 4.53. The first-order chi connectivity index (χ1) is 9.94. The van der Waals surface area contributed by atoms with Gasteiger partial charge in [-0.05, 0) is 48.2 Å². The molecule has 0 aliphatic rings. The van der Waals surface area contributed by atoms with Crippen molar-refractivity contribution in [3.63, 3.8) is 0 Å². The molecule has 0 fully saturated rings. The van der Waals surface area contributed by atoms with Crippen LogP contribution in [-0.4, -0.2) is 11.1 Å². The van der Waals surface area contributed by atoms with Gasteiger partial charge in [0.1, 0.15) is 11.6 Å². The van der Waals surface area contributed by atoms with Gasteiger partial charge in [0.05, 0.1) is 5.92 Å². The van der Waals surface area contributed by atoms with Crippen LogP contribution in [0, 0.1) is 17.6 Å². The molecule has 0 spiro atoms. The van der Waals surface area contributed by atoms with Crippen LogP contribution in [-0.2, 0) is 17.6 Å². The van der Waals surface area contributed by atoms with Crippen molar-refractivity contribution in [3.05, 3.63) is 70.2 Å². The molecule has 0 aromatic heterocycles. The molecule has 1 atom stereocenters. The van der Waals surface area contributed by atoms with Crippen molar-refractivity contribution < 1.29 is 18.7 Å². The first-order valence-corrected chi connectivity index (χ1v) is 6.74. The monoisotopic (exact) mass is 310 g/mol. The molecule has 5 heteroatoms. The van der Waals surface area contributed by atoms with E-state index >= 15 is 0 Å². The highest BCUT2D eigenvalue weighted by atomic mass is 35.5. The zero-order valence-electron chi connectivity index (χ0n) is 11.0. The summed E-state index contributed by atoms with van der Waals surface area (Å²) in [5.41, 5.74) is 1.14. The van der Waals surface area contributed by atoms with Gasteiger partial charge in [0.15, 0.2) is 0 Å². The Balaban J connectivity index is 2.15. The minimum Gasteiger partial charge on any atom is -0.481 e. The fourth-order valence-electron chi connectivity index (χ4n) is 2.17. The van der Waals surface area contributed by atoms with Crippen molar-refractivity contribution in [3.8, 4) is 0 Å². The summed E-state index contributed by atoms with van der Waals surface area (Å²) in [5.74, 6) is -3.18. The Kier molecular flexibility index (Phi) is 4.91. The first kappa shape index (κ1) is 15.4. The summed E-state index contributed by atoms with van der Waals surface area (Å²) < 4.78 is 26.3. The molecule has 2 nitrogen and oxygen atoms in total. The molecule has 0 amide bonds. The number of halogens is 3. The van der Waals surface area contributed by atoms with E-state index in [0.29, 0.717) is 10.6 Å². The standard InChI is InChI=1S/C16H13ClF2O2/c17-13-3-1-10(2-4-13)5-12(16(20)21)6-11-7-14(18)9-15(19)8-11/h1-4,7-9,12H,5-6H2,(H,20,21). The molecule has 0 aliphatic heterocycles. The molecule has 0 saturated carbocycles. The highest BCUT2D eigenvalue weighted by Crippen LogP contribution is 2.18. The summed E-state index contributed by atoms with van der Waals surface area (Å²) >= 11 is 5.78. The lowest BCUT2D eigenvalue weighted by Crippen LogP contribution is -2.19. The fourth-order valence-corrected chi connectivity index (χ4v) is 2.29. The van der Waals surface area contributed by atoms with Gasteiger partial charge in [0.2, 0.25) is 0 Å². The summed E-state index contributed by atoms with van der Waals surface area (Å²) in [5, 5.41) is 9.84. The van der Waals surface area contributed by atoms with E-state index in [9.17, 15) is 18.7 Å². The zero-order valence-corrected chi connectivity index (χ0v) is 11.8. The summed E-state index contributed by atoms with van der Waals surface area (Å²) in [6.07, 6.45) is 0.331. The number of carboxylic acids is 1. The second kappa shape index (κ2) is 6.68. The van der Waals surface area contributed by atoms with Crippen LogP contribution >= 0.6 is 11.6 Å². The van der Waals surface area contributed by atoms with Crippen molar-refractivity contribution in [2.45, 2.75) is 12.8 Å². The average Bonchev–Trinajstić information content (AvgIpc) is 2.39. The van der Waals surface area contributed by atoms with Gasteiger partial charge in [0.25, 0.3) is 0 Å². The molecule has 2 aromatic carbocycles. The zero-order chi connectivity index (χ0) is 15.4. The van der Waals surface area contributed by atoms with Gasteiger partial charge < -0.3 is 5.11 Å². The number of carbonyl (C=O) groups is 1.